The van der Waals surface area contributed by atoms with Crippen molar-refractivity contribution >= 4 is 40.5 Å². The number of carbonyl (C=O) groups is 3. The van der Waals surface area contributed by atoms with Crippen molar-refractivity contribution in [1.82, 2.24) is 15.1 Å². The highest BCUT2D eigenvalue weighted by Gasteiger charge is 2.30. The number of unbranched alkanes of at least 4 members (excludes halogenated alkanes) is 1. The van der Waals surface area contributed by atoms with E-state index >= 15 is 0 Å². The average Bonchev–Trinajstić information content (AvgIpc) is 3.52. The van der Waals surface area contributed by atoms with Crippen molar-refractivity contribution in [2.24, 2.45) is 4.99 Å². The highest BCUT2D eigenvalue weighted by Crippen LogP contribution is 2.23. The highest BCUT2D eigenvalue weighted by atomic mass is 16.5. The molecule has 11 nitrogen and oxygen atoms in total. The standard InChI is InChI=1S/C27H37N5O6/c1-19-16-20-17-21(9-10-23(20)38-19)28-26(30-27(36)37-15-7-6-14-33)29-22-8-2-3-13-32(25(22)35)18-24(34)31-11-4-5-12-31/h9-10,16-17,22,33H,2-8,11-15,18H2,1H3,(H2,28,29,30,36). The number of aryl methyl sites for hydroxylation is 1. The van der Waals surface area contributed by atoms with Crippen molar-refractivity contribution < 1.29 is 28.6 Å². The molecule has 11 heteroatoms. The number of nitrogens with zero attached hydrogens (tertiary/aromatic N) is 3. The first-order chi connectivity index (χ1) is 18.4. The van der Waals surface area contributed by atoms with Gasteiger partial charge in [-0.05, 0) is 76.1 Å². The lowest BCUT2D eigenvalue weighted by Crippen LogP contribution is -2.45. The van der Waals surface area contributed by atoms with Gasteiger partial charge in [-0.15, -0.1) is 0 Å². The number of nitrogens with one attached hydrogen (secondary N) is 2. The summed E-state index contributed by atoms with van der Waals surface area (Å²) < 4.78 is 10.9. The summed E-state index contributed by atoms with van der Waals surface area (Å²) in [6.07, 6.45) is 4.39. The second-order valence-corrected chi connectivity index (χ2v) is 9.76. The van der Waals surface area contributed by atoms with Gasteiger partial charge in [-0.1, -0.05) is 0 Å². The van der Waals surface area contributed by atoms with Gasteiger partial charge in [0.05, 0.1) is 13.2 Å². The van der Waals surface area contributed by atoms with Gasteiger partial charge in [0.15, 0.2) is 0 Å². The maximum Gasteiger partial charge on any atom is 0.413 e. The molecule has 3 amide bonds. The van der Waals surface area contributed by atoms with E-state index in [1.807, 2.05) is 30.0 Å². The van der Waals surface area contributed by atoms with Crippen LogP contribution >= 0.6 is 0 Å². The van der Waals surface area contributed by atoms with E-state index in [1.54, 1.807) is 11.0 Å². The van der Waals surface area contributed by atoms with E-state index in [0.29, 0.717) is 31.5 Å². The first kappa shape index (κ1) is 27.4. The molecule has 1 aromatic heterocycles. The smallest absolute Gasteiger partial charge is 0.413 e. The van der Waals surface area contributed by atoms with E-state index in [1.165, 1.54) is 0 Å². The number of anilines is 1. The molecule has 1 atom stereocenters. The molecule has 2 fully saturated rings. The zero-order valence-electron chi connectivity index (χ0n) is 21.9. The monoisotopic (exact) mass is 527 g/mol. The SMILES string of the molecule is Cc1cc2cc(NC(=NC3CCCCN(CC(=O)N4CCCC4)C3=O)NC(=O)OCCCCO)ccc2o1. The quantitative estimate of drug-likeness (QED) is 0.273. The van der Waals surface area contributed by atoms with Crippen LogP contribution in [-0.4, -0.2) is 84.2 Å². The Balaban J connectivity index is 1.51. The van der Waals surface area contributed by atoms with Crippen LogP contribution in [0.1, 0.15) is 50.7 Å². The Bertz CT molecular complexity index is 1160. The fraction of sp³-hybridized carbons (Fsp3) is 0.556. The summed E-state index contributed by atoms with van der Waals surface area (Å²) in [5.41, 5.74) is 1.39. The Kier molecular flexibility index (Phi) is 9.58. The average molecular weight is 528 g/mol. The van der Waals surface area contributed by atoms with Crippen LogP contribution in [0.5, 0.6) is 0 Å². The van der Waals surface area contributed by atoms with Crippen LogP contribution in [-0.2, 0) is 14.3 Å². The van der Waals surface area contributed by atoms with Crippen molar-refractivity contribution in [3.63, 3.8) is 0 Å². The lowest BCUT2D eigenvalue weighted by Gasteiger charge is -2.25. The number of rotatable bonds is 8. The largest absolute Gasteiger partial charge is 0.461 e. The highest BCUT2D eigenvalue weighted by molar-refractivity contribution is 6.04. The second-order valence-electron chi connectivity index (χ2n) is 9.76. The lowest BCUT2D eigenvalue weighted by atomic mass is 10.1. The van der Waals surface area contributed by atoms with E-state index in [0.717, 1.165) is 55.5 Å². The molecule has 0 radical (unpaired) electrons. The maximum absolute atomic E-state index is 13.4. The third kappa shape index (κ3) is 7.47. The summed E-state index contributed by atoms with van der Waals surface area (Å²) >= 11 is 0. The normalized spacial score (nSPS) is 18.5. The molecule has 0 bridgehead atoms. The van der Waals surface area contributed by atoms with Crippen LogP contribution in [0.4, 0.5) is 10.5 Å². The number of amides is 3. The zero-order valence-corrected chi connectivity index (χ0v) is 21.9. The van der Waals surface area contributed by atoms with Gasteiger partial charge in [-0.2, -0.15) is 0 Å². The number of fused-ring (bicyclic) bond motifs is 1. The van der Waals surface area contributed by atoms with Crippen LogP contribution in [0.25, 0.3) is 11.0 Å². The minimum Gasteiger partial charge on any atom is -0.461 e. The van der Waals surface area contributed by atoms with Gasteiger partial charge in [0.25, 0.3) is 0 Å². The third-order valence-corrected chi connectivity index (χ3v) is 6.73. The molecule has 2 aliphatic rings. The number of guanidine groups is 1. The molecule has 0 saturated carbocycles. The molecule has 3 N–H and O–H groups in total. The third-order valence-electron chi connectivity index (χ3n) is 6.73. The first-order valence-corrected chi connectivity index (χ1v) is 13.4. The molecule has 1 aromatic carbocycles. The number of alkyl carbamates (subject to hydrolysis) is 1. The Morgan fingerprint density at radius 3 is 2.71 bits per heavy atom. The molecule has 2 aliphatic heterocycles. The maximum atomic E-state index is 13.4. The molecule has 2 aromatic rings. The molecule has 2 saturated heterocycles. The van der Waals surface area contributed by atoms with E-state index in [2.05, 4.69) is 15.6 Å². The zero-order chi connectivity index (χ0) is 26.9. The van der Waals surface area contributed by atoms with Gasteiger partial charge in [0.2, 0.25) is 17.8 Å². The number of ether oxygens (including phenoxy) is 1. The number of aliphatic hydroxyl groups excluding tert-OH is 1. The number of hydrogen-bond acceptors (Lipinski definition) is 7. The van der Waals surface area contributed by atoms with Crippen LogP contribution in [0.2, 0.25) is 0 Å². The number of benzene rings is 1. The summed E-state index contributed by atoms with van der Waals surface area (Å²) in [5, 5.41) is 15.6. The Labute approximate surface area is 222 Å². The molecule has 38 heavy (non-hydrogen) atoms. The van der Waals surface area contributed by atoms with Crippen molar-refractivity contribution in [3.05, 3.63) is 30.0 Å². The minimum absolute atomic E-state index is 0.0236. The van der Waals surface area contributed by atoms with Crippen LogP contribution < -0.4 is 10.6 Å². The molecule has 1 unspecified atom stereocenters. The van der Waals surface area contributed by atoms with Gasteiger partial charge in [0.1, 0.15) is 17.4 Å². The number of aliphatic imine (C=N–C) groups is 1. The second kappa shape index (κ2) is 13.3. The fourth-order valence-electron chi connectivity index (χ4n) is 4.75. The number of carbonyl (C=O) groups excluding carboxylic acids is 3. The van der Waals surface area contributed by atoms with Crippen molar-refractivity contribution in [3.8, 4) is 0 Å². The Hall–Kier alpha value is -3.60. The summed E-state index contributed by atoms with van der Waals surface area (Å²) in [5.74, 6) is 0.603. The molecule has 3 heterocycles. The predicted octanol–water partition coefficient (Wildman–Crippen LogP) is 3.01. The van der Waals surface area contributed by atoms with Crippen LogP contribution in [0.15, 0.2) is 33.7 Å². The number of hydrogen-bond donors (Lipinski definition) is 3. The topological polar surface area (TPSA) is 137 Å². The van der Waals surface area contributed by atoms with Gasteiger partial charge < -0.3 is 29.4 Å². The number of aliphatic hydroxyl groups is 1. The van der Waals surface area contributed by atoms with E-state index < -0.39 is 12.1 Å². The van der Waals surface area contributed by atoms with E-state index in [4.69, 9.17) is 14.3 Å². The summed E-state index contributed by atoms with van der Waals surface area (Å²) in [6.45, 7) is 4.06. The predicted molar refractivity (Wildman–Crippen MR) is 143 cm³/mol. The molecule has 4 rings (SSSR count). The lowest BCUT2D eigenvalue weighted by molar-refractivity contribution is -0.140. The molecular weight excluding hydrogens is 490 g/mol. The summed E-state index contributed by atoms with van der Waals surface area (Å²) in [6, 6.07) is 6.64. The van der Waals surface area contributed by atoms with E-state index in [-0.39, 0.29) is 37.5 Å². The van der Waals surface area contributed by atoms with Gasteiger partial charge in [0, 0.05) is 37.3 Å². The Morgan fingerprint density at radius 2 is 1.92 bits per heavy atom. The fourth-order valence-corrected chi connectivity index (χ4v) is 4.75. The summed E-state index contributed by atoms with van der Waals surface area (Å²) in [7, 11) is 0. The molecule has 206 valence electrons. The molecule has 0 aliphatic carbocycles. The number of furan rings is 1. The van der Waals surface area contributed by atoms with Crippen LogP contribution in [0, 0.1) is 6.92 Å². The minimum atomic E-state index is -0.749. The molecular formula is C27H37N5O6. The van der Waals surface area contributed by atoms with Crippen LogP contribution in [0.3, 0.4) is 0 Å². The van der Waals surface area contributed by atoms with Crippen molar-refractivity contribution in [2.75, 3.05) is 44.7 Å². The van der Waals surface area contributed by atoms with Crippen molar-refractivity contribution in [1.29, 1.82) is 0 Å². The Morgan fingerprint density at radius 1 is 1.13 bits per heavy atom. The summed E-state index contributed by atoms with van der Waals surface area (Å²) in [4.78, 5) is 46.7. The van der Waals surface area contributed by atoms with Crippen molar-refractivity contribution in [2.45, 2.75) is 57.9 Å². The van der Waals surface area contributed by atoms with Gasteiger partial charge in [-0.25, -0.2) is 9.79 Å². The van der Waals surface area contributed by atoms with E-state index in [9.17, 15) is 14.4 Å². The number of likely N-dealkylation sites (tertiary alicyclic amines) is 2. The first-order valence-electron chi connectivity index (χ1n) is 13.4. The van der Waals surface area contributed by atoms with Gasteiger partial charge >= 0.3 is 6.09 Å². The molecule has 0 spiro atoms. The van der Waals surface area contributed by atoms with Gasteiger partial charge in [-0.3, -0.25) is 14.9 Å².